The Morgan fingerprint density at radius 2 is 1.66 bits per heavy atom. The van der Waals surface area contributed by atoms with Gasteiger partial charge in [-0.1, -0.05) is 30.3 Å². The van der Waals surface area contributed by atoms with E-state index in [2.05, 4.69) is 38.5 Å². The smallest absolute Gasteiger partial charge is 0.255 e. The highest BCUT2D eigenvalue weighted by Gasteiger charge is 2.06. The van der Waals surface area contributed by atoms with E-state index in [0.29, 0.717) is 12.1 Å². The predicted molar refractivity (Wildman–Crippen MR) is 134 cm³/mol. The number of pyridine rings is 1. The number of nitrogens with zero attached hydrogens (tertiary/aromatic N) is 3. The maximum absolute atomic E-state index is 12.3. The first-order valence-corrected chi connectivity index (χ1v) is 9.94. The highest BCUT2D eigenvalue weighted by atomic mass is 16.1. The third kappa shape index (κ3) is 8.83. The standard InChI is InChI=1S/C23H20N4O.2CH5N/c1-24-15-13-22(20-6-5-14-25-17-20)26-16-18-9-11-19(12-10-18)23(28)27-21-7-3-2-4-8-21;2*1-2/h2-15,17H,1,16H2,(H,27,28);2*2H2,1H3/b15-13-,26-22?;;. The lowest BCUT2D eigenvalue weighted by molar-refractivity contribution is 0.102. The van der Waals surface area contributed by atoms with E-state index >= 15 is 0 Å². The molecule has 1 amide bonds. The van der Waals surface area contributed by atoms with E-state index < -0.39 is 0 Å². The van der Waals surface area contributed by atoms with Gasteiger partial charge in [0, 0.05) is 35.4 Å². The molecule has 0 spiro atoms. The van der Waals surface area contributed by atoms with Crippen LogP contribution in [0.25, 0.3) is 0 Å². The SMILES string of the molecule is C=N/C=C\C(=NCc1ccc(C(=O)Nc2ccccc2)cc1)c1cccnc1.CN.CN. The lowest BCUT2D eigenvalue weighted by Gasteiger charge is -2.06. The molecule has 0 saturated heterocycles. The summed E-state index contributed by atoms with van der Waals surface area (Å²) in [4.78, 5) is 24.8. The summed E-state index contributed by atoms with van der Waals surface area (Å²) in [5.74, 6) is -0.141. The molecular weight excluding hydrogens is 400 g/mol. The van der Waals surface area contributed by atoms with E-state index in [9.17, 15) is 4.79 Å². The molecule has 1 heterocycles. The second kappa shape index (κ2) is 15.8. The monoisotopic (exact) mass is 430 g/mol. The van der Waals surface area contributed by atoms with Gasteiger partial charge in [-0.3, -0.25) is 19.8 Å². The maximum Gasteiger partial charge on any atom is 0.255 e. The molecule has 0 aliphatic heterocycles. The Morgan fingerprint density at radius 3 is 2.25 bits per heavy atom. The largest absolute Gasteiger partial charge is 0.333 e. The number of nitrogens with two attached hydrogens (primary N) is 2. The normalized spacial score (nSPS) is 10.3. The van der Waals surface area contributed by atoms with Gasteiger partial charge in [0.1, 0.15) is 0 Å². The summed E-state index contributed by atoms with van der Waals surface area (Å²) in [6, 6.07) is 20.6. The molecule has 0 radical (unpaired) electrons. The molecule has 2 aromatic carbocycles. The Kier molecular flexibility index (Phi) is 12.9. The van der Waals surface area contributed by atoms with E-state index in [1.54, 1.807) is 36.8 Å². The average molecular weight is 431 g/mol. The number of carbonyl (C=O) groups excluding carboxylic acids is 1. The van der Waals surface area contributed by atoms with Gasteiger partial charge in [0.05, 0.1) is 12.3 Å². The first-order chi connectivity index (χ1) is 15.8. The Hall–Kier alpha value is -3.94. The molecule has 0 atom stereocenters. The van der Waals surface area contributed by atoms with Gasteiger partial charge in [0.15, 0.2) is 0 Å². The molecular formula is C25H30N6O. The van der Waals surface area contributed by atoms with Gasteiger partial charge in [-0.05, 0) is 68.9 Å². The zero-order valence-electron chi connectivity index (χ0n) is 18.5. The Bertz CT molecular complexity index is 984. The summed E-state index contributed by atoms with van der Waals surface area (Å²) >= 11 is 0. The highest BCUT2D eigenvalue weighted by Crippen LogP contribution is 2.11. The van der Waals surface area contributed by atoms with Crippen LogP contribution in [0.1, 0.15) is 21.5 Å². The fourth-order valence-electron chi connectivity index (χ4n) is 2.54. The van der Waals surface area contributed by atoms with Crippen LogP contribution in [-0.2, 0) is 6.54 Å². The van der Waals surface area contributed by atoms with E-state index in [4.69, 9.17) is 0 Å². The van der Waals surface area contributed by atoms with Crippen molar-refractivity contribution in [3.8, 4) is 0 Å². The number of para-hydroxylation sites is 1. The van der Waals surface area contributed by atoms with Gasteiger partial charge < -0.3 is 16.8 Å². The third-order valence-electron chi connectivity index (χ3n) is 3.97. The summed E-state index contributed by atoms with van der Waals surface area (Å²) in [6.07, 6.45) is 6.87. The number of aliphatic imine (C=N–C) groups is 2. The second-order valence-electron chi connectivity index (χ2n) is 5.96. The average Bonchev–Trinajstić information content (AvgIpc) is 2.88. The van der Waals surface area contributed by atoms with Crippen LogP contribution < -0.4 is 16.8 Å². The van der Waals surface area contributed by atoms with Gasteiger partial charge >= 0.3 is 0 Å². The van der Waals surface area contributed by atoms with Crippen LogP contribution in [0.2, 0.25) is 0 Å². The molecule has 32 heavy (non-hydrogen) atoms. The minimum Gasteiger partial charge on any atom is -0.333 e. The molecule has 0 unspecified atom stereocenters. The zero-order valence-corrected chi connectivity index (χ0v) is 18.5. The van der Waals surface area contributed by atoms with Crippen molar-refractivity contribution in [1.29, 1.82) is 0 Å². The molecule has 0 bridgehead atoms. The highest BCUT2D eigenvalue weighted by molar-refractivity contribution is 6.08. The van der Waals surface area contributed by atoms with Crippen molar-refractivity contribution in [2.45, 2.75) is 6.54 Å². The van der Waals surface area contributed by atoms with Crippen molar-refractivity contribution in [3.05, 3.63) is 108 Å². The third-order valence-corrected chi connectivity index (χ3v) is 3.97. The van der Waals surface area contributed by atoms with Crippen molar-refractivity contribution in [2.75, 3.05) is 19.4 Å². The first-order valence-electron chi connectivity index (χ1n) is 9.94. The number of hydrogen-bond acceptors (Lipinski definition) is 6. The summed E-state index contributed by atoms with van der Waals surface area (Å²) in [5.41, 5.74) is 13.0. The van der Waals surface area contributed by atoms with Crippen LogP contribution in [0.3, 0.4) is 0 Å². The molecule has 7 nitrogen and oxygen atoms in total. The van der Waals surface area contributed by atoms with Crippen molar-refractivity contribution < 1.29 is 4.79 Å². The second-order valence-corrected chi connectivity index (χ2v) is 5.96. The number of nitrogens with one attached hydrogen (secondary N) is 1. The van der Waals surface area contributed by atoms with Crippen LogP contribution in [0.4, 0.5) is 5.69 Å². The molecule has 3 rings (SSSR count). The van der Waals surface area contributed by atoms with Crippen LogP contribution in [-0.4, -0.2) is 37.4 Å². The van der Waals surface area contributed by atoms with Crippen LogP contribution in [0, 0.1) is 0 Å². The van der Waals surface area contributed by atoms with E-state index in [1.165, 1.54) is 14.1 Å². The summed E-state index contributed by atoms with van der Waals surface area (Å²) in [5, 5.41) is 2.87. The molecule has 5 N–H and O–H groups in total. The van der Waals surface area contributed by atoms with Crippen molar-refractivity contribution in [3.63, 3.8) is 0 Å². The number of carbonyl (C=O) groups is 1. The number of amides is 1. The number of allylic oxidation sites excluding steroid dienone is 1. The van der Waals surface area contributed by atoms with Gasteiger partial charge in [0.2, 0.25) is 0 Å². The molecule has 7 heteroatoms. The minimum atomic E-state index is -0.141. The Labute approximate surface area is 189 Å². The molecule has 166 valence electrons. The zero-order chi connectivity index (χ0) is 23.6. The number of hydrogen-bond donors (Lipinski definition) is 3. The van der Waals surface area contributed by atoms with Crippen molar-refractivity contribution in [1.82, 2.24) is 4.98 Å². The summed E-state index contributed by atoms with van der Waals surface area (Å²) < 4.78 is 0. The van der Waals surface area contributed by atoms with Crippen molar-refractivity contribution >= 4 is 24.0 Å². The minimum absolute atomic E-state index is 0.141. The Morgan fingerprint density at radius 1 is 0.969 bits per heavy atom. The number of rotatable bonds is 7. The lowest BCUT2D eigenvalue weighted by atomic mass is 10.1. The van der Waals surface area contributed by atoms with Crippen LogP contribution in [0.5, 0.6) is 0 Å². The lowest BCUT2D eigenvalue weighted by Crippen LogP contribution is -2.11. The van der Waals surface area contributed by atoms with Gasteiger partial charge in [0.25, 0.3) is 5.91 Å². The van der Waals surface area contributed by atoms with Crippen molar-refractivity contribution in [2.24, 2.45) is 21.5 Å². The van der Waals surface area contributed by atoms with Crippen LogP contribution >= 0.6 is 0 Å². The fraction of sp³-hybridized carbons (Fsp3) is 0.120. The molecule has 0 aliphatic carbocycles. The summed E-state index contributed by atoms with van der Waals surface area (Å²) in [7, 11) is 3.00. The van der Waals surface area contributed by atoms with Gasteiger partial charge in [-0.15, -0.1) is 0 Å². The number of benzene rings is 2. The predicted octanol–water partition coefficient (Wildman–Crippen LogP) is 3.69. The van der Waals surface area contributed by atoms with Gasteiger partial charge in [-0.2, -0.15) is 0 Å². The molecule has 3 aromatic rings. The van der Waals surface area contributed by atoms with E-state index in [-0.39, 0.29) is 5.91 Å². The molecule has 1 aromatic heterocycles. The molecule has 0 saturated carbocycles. The summed E-state index contributed by atoms with van der Waals surface area (Å²) in [6.45, 7) is 3.93. The van der Waals surface area contributed by atoms with E-state index in [1.807, 2.05) is 54.6 Å². The van der Waals surface area contributed by atoms with E-state index in [0.717, 1.165) is 22.5 Å². The quantitative estimate of drug-likeness (QED) is 0.495. The fourth-order valence-corrected chi connectivity index (χ4v) is 2.54. The van der Waals surface area contributed by atoms with Gasteiger partial charge in [-0.25, -0.2) is 0 Å². The topological polar surface area (TPSA) is 119 Å². The molecule has 0 aliphatic rings. The number of aromatic nitrogens is 1. The number of anilines is 1. The maximum atomic E-state index is 12.3. The molecule has 0 fully saturated rings. The Balaban J connectivity index is 0.00000121. The van der Waals surface area contributed by atoms with Crippen LogP contribution in [0.15, 0.2) is 101 Å². The first kappa shape index (κ1) is 26.1.